The van der Waals surface area contributed by atoms with Crippen LogP contribution in [0.5, 0.6) is 0 Å². The number of fused-ring (bicyclic) bond motifs is 1. The Balaban J connectivity index is 1.82. The molecule has 4 rings (SSSR count). The molecule has 0 spiro atoms. The summed E-state index contributed by atoms with van der Waals surface area (Å²) in [6, 6.07) is 7.92. The molecule has 33 heavy (non-hydrogen) atoms. The molecule has 2 heterocycles. The van der Waals surface area contributed by atoms with E-state index in [0.29, 0.717) is 38.2 Å². The third-order valence-electron chi connectivity index (χ3n) is 5.67. The average Bonchev–Trinajstić information content (AvgIpc) is 3.09. The van der Waals surface area contributed by atoms with Gasteiger partial charge in [-0.2, -0.15) is 0 Å². The van der Waals surface area contributed by atoms with Crippen LogP contribution >= 0.6 is 11.6 Å². The van der Waals surface area contributed by atoms with Crippen molar-refractivity contribution in [2.75, 3.05) is 19.7 Å². The van der Waals surface area contributed by atoms with Crippen LogP contribution in [0.4, 0.5) is 4.39 Å². The Morgan fingerprint density at radius 3 is 2.82 bits per heavy atom. The standard InChI is InChI=1S/C22H25ClFN5O3S/c1-3-20(30)28-6-7-32-14(11-28)12-29-19-5-4-13(2)8-18(19)27-22(29)21-16(23)9-15(10-17(21)24)33(25,26)31/h4-5,8-10,14H,3,6-7,11-12H2,1-2H3,(H3,25,26,31)/t14-/m1/s1. The second-order valence-corrected chi connectivity index (χ2v) is 10.2. The Kier molecular flexibility index (Phi) is 6.45. The van der Waals surface area contributed by atoms with Crippen molar-refractivity contribution in [1.82, 2.24) is 14.5 Å². The van der Waals surface area contributed by atoms with Crippen LogP contribution in [0.25, 0.3) is 22.4 Å². The van der Waals surface area contributed by atoms with Crippen molar-refractivity contribution in [2.45, 2.75) is 37.8 Å². The summed E-state index contributed by atoms with van der Waals surface area (Å²) in [5, 5.41) is 5.32. The van der Waals surface area contributed by atoms with Crippen LogP contribution < -0.4 is 5.14 Å². The second-order valence-electron chi connectivity index (χ2n) is 8.09. The van der Waals surface area contributed by atoms with Crippen LogP contribution in [-0.2, 0) is 26.0 Å². The van der Waals surface area contributed by atoms with Crippen LogP contribution in [0.3, 0.4) is 0 Å². The minimum absolute atomic E-state index is 0.0234. The Morgan fingerprint density at radius 2 is 2.15 bits per heavy atom. The number of carbonyl (C=O) groups is 1. The number of rotatable bonds is 5. The molecule has 1 fully saturated rings. The van der Waals surface area contributed by atoms with Crippen molar-refractivity contribution in [3.05, 3.63) is 46.7 Å². The van der Waals surface area contributed by atoms with Crippen LogP contribution in [0.1, 0.15) is 18.9 Å². The zero-order valence-corrected chi connectivity index (χ0v) is 19.9. The molecule has 0 radical (unpaired) electrons. The van der Waals surface area contributed by atoms with Crippen LogP contribution in [0.15, 0.2) is 35.2 Å². The summed E-state index contributed by atoms with van der Waals surface area (Å²) in [4.78, 5) is 18.4. The molecule has 3 aromatic rings. The molecule has 1 aliphatic rings. The molecular weight excluding hydrogens is 469 g/mol. The van der Waals surface area contributed by atoms with Crippen molar-refractivity contribution in [3.63, 3.8) is 0 Å². The van der Waals surface area contributed by atoms with E-state index in [4.69, 9.17) is 26.3 Å². The molecule has 8 nitrogen and oxygen atoms in total. The van der Waals surface area contributed by atoms with Gasteiger partial charge in [0.25, 0.3) is 0 Å². The largest absolute Gasteiger partial charge is 0.373 e. The van der Waals surface area contributed by atoms with E-state index < -0.39 is 15.7 Å². The summed E-state index contributed by atoms with van der Waals surface area (Å²) in [5.41, 5.74) is 2.44. The lowest BCUT2D eigenvalue weighted by Gasteiger charge is -2.33. The zero-order chi connectivity index (χ0) is 23.9. The number of aromatic nitrogens is 2. The van der Waals surface area contributed by atoms with E-state index >= 15 is 4.39 Å². The summed E-state index contributed by atoms with van der Waals surface area (Å²) in [6.07, 6.45) is 0.0995. The maximum absolute atomic E-state index is 15.2. The molecule has 1 saturated heterocycles. The van der Waals surface area contributed by atoms with Crippen LogP contribution in [0, 0.1) is 17.5 Å². The first-order chi connectivity index (χ1) is 15.6. The predicted octanol–water partition coefficient (Wildman–Crippen LogP) is 3.72. The van der Waals surface area contributed by atoms with E-state index in [1.54, 1.807) is 4.90 Å². The summed E-state index contributed by atoms with van der Waals surface area (Å²) >= 11 is 6.39. The van der Waals surface area contributed by atoms with E-state index in [1.807, 2.05) is 36.6 Å². The fraction of sp³-hybridized carbons (Fsp3) is 0.364. The smallest absolute Gasteiger partial charge is 0.222 e. The molecule has 0 saturated carbocycles. The maximum atomic E-state index is 15.2. The topological polar surface area (TPSA) is 114 Å². The quantitative estimate of drug-likeness (QED) is 0.563. The molecule has 176 valence electrons. The van der Waals surface area contributed by atoms with E-state index in [1.165, 1.54) is 6.07 Å². The highest BCUT2D eigenvalue weighted by Crippen LogP contribution is 2.35. The first kappa shape index (κ1) is 23.6. The lowest BCUT2D eigenvalue weighted by atomic mass is 10.1. The number of amides is 1. The SMILES string of the molecule is CCC(=O)N1CCO[C@@H](Cn2c(-c3c(F)cc(S(=N)(N)=O)cc3Cl)nc3cc(C)ccc32)C1. The molecule has 2 aromatic carbocycles. The monoisotopic (exact) mass is 493 g/mol. The van der Waals surface area contributed by atoms with Crippen molar-refractivity contribution >= 4 is 38.5 Å². The first-order valence-electron chi connectivity index (χ1n) is 10.5. The van der Waals surface area contributed by atoms with E-state index in [2.05, 4.69) is 4.98 Å². The molecule has 2 atom stereocenters. The van der Waals surface area contributed by atoms with Gasteiger partial charge in [0.15, 0.2) is 0 Å². The zero-order valence-electron chi connectivity index (χ0n) is 18.3. The fourth-order valence-corrected chi connectivity index (χ4v) is 4.97. The predicted molar refractivity (Wildman–Crippen MR) is 125 cm³/mol. The Bertz CT molecular complexity index is 1320. The van der Waals surface area contributed by atoms with Gasteiger partial charge in [0.2, 0.25) is 5.91 Å². The molecule has 1 aliphatic heterocycles. The second kappa shape index (κ2) is 9.02. The van der Waals surface area contributed by atoms with Gasteiger partial charge >= 0.3 is 0 Å². The number of hydrogen-bond acceptors (Lipinski definition) is 5. The van der Waals surface area contributed by atoms with Gasteiger partial charge in [-0.1, -0.05) is 24.6 Å². The number of halogens is 2. The van der Waals surface area contributed by atoms with Crippen LogP contribution in [0.2, 0.25) is 5.02 Å². The molecular formula is C22H25ClFN5O3S. The summed E-state index contributed by atoms with van der Waals surface area (Å²) in [7, 11) is -3.64. The number of carbonyl (C=O) groups excluding carboxylic acids is 1. The number of aryl methyl sites for hydroxylation is 1. The van der Waals surface area contributed by atoms with Gasteiger partial charge in [0, 0.05) is 19.5 Å². The highest BCUT2D eigenvalue weighted by atomic mass is 35.5. The number of nitrogens with one attached hydrogen (secondary N) is 1. The van der Waals surface area contributed by atoms with Gasteiger partial charge in [-0.25, -0.2) is 23.5 Å². The number of ether oxygens (including phenoxy) is 1. The number of morpholine rings is 1. The number of hydrogen-bond donors (Lipinski definition) is 2. The maximum Gasteiger partial charge on any atom is 0.222 e. The minimum atomic E-state index is -3.64. The first-order valence-corrected chi connectivity index (χ1v) is 12.5. The number of benzene rings is 2. The van der Waals surface area contributed by atoms with Crippen LogP contribution in [-0.4, -0.2) is 50.4 Å². The number of imidazole rings is 1. The van der Waals surface area contributed by atoms with E-state index in [0.717, 1.165) is 17.1 Å². The van der Waals surface area contributed by atoms with Crippen molar-refractivity contribution in [1.29, 1.82) is 4.78 Å². The molecule has 1 aromatic heterocycles. The van der Waals surface area contributed by atoms with Gasteiger partial charge in [-0.3, -0.25) is 4.79 Å². The average molecular weight is 494 g/mol. The van der Waals surface area contributed by atoms with E-state index in [-0.39, 0.29) is 33.3 Å². The highest BCUT2D eigenvalue weighted by Gasteiger charge is 2.27. The third-order valence-corrected chi connectivity index (χ3v) is 6.91. The fourth-order valence-electron chi connectivity index (χ4n) is 4.04. The molecule has 3 N–H and O–H groups in total. The Labute approximate surface area is 196 Å². The highest BCUT2D eigenvalue weighted by molar-refractivity contribution is 7.90. The molecule has 0 aliphatic carbocycles. The van der Waals surface area contributed by atoms with Gasteiger partial charge < -0.3 is 14.2 Å². The van der Waals surface area contributed by atoms with Crippen molar-refractivity contribution in [2.24, 2.45) is 5.14 Å². The van der Waals surface area contributed by atoms with Crippen molar-refractivity contribution in [3.8, 4) is 11.4 Å². The minimum Gasteiger partial charge on any atom is -0.373 e. The van der Waals surface area contributed by atoms with Gasteiger partial charge in [-0.15, -0.1) is 0 Å². The van der Waals surface area contributed by atoms with Crippen molar-refractivity contribution < 1.29 is 18.1 Å². The third kappa shape index (κ3) is 4.74. The molecule has 11 heteroatoms. The summed E-state index contributed by atoms with van der Waals surface area (Å²) < 4.78 is 42.4. The number of nitrogens with zero attached hydrogens (tertiary/aromatic N) is 3. The lowest BCUT2D eigenvalue weighted by Crippen LogP contribution is -2.46. The van der Waals surface area contributed by atoms with Gasteiger partial charge in [0.1, 0.15) is 21.6 Å². The Hall–Kier alpha value is -2.53. The Morgan fingerprint density at radius 1 is 1.39 bits per heavy atom. The van der Waals surface area contributed by atoms with Gasteiger partial charge in [0.05, 0.1) is 45.8 Å². The normalized spacial score (nSPS) is 18.5. The molecule has 1 unspecified atom stereocenters. The van der Waals surface area contributed by atoms with E-state index in [9.17, 15) is 9.00 Å². The molecule has 0 bridgehead atoms. The number of nitrogens with two attached hydrogens (primary N) is 1. The van der Waals surface area contributed by atoms with Gasteiger partial charge in [-0.05, 0) is 36.8 Å². The summed E-state index contributed by atoms with van der Waals surface area (Å²) in [6.45, 7) is 5.45. The molecule has 1 amide bonds. The lowest BCUT2D eigenvalue weighted by molar-refractivity contribution is -0.138. The summed E-state index contributed by atoms with van der Waals surface area (Å²) in [5.74, 6) is -0.440.